The second-order valence-electron chi connectivity index (χ2n) is 3.87. The molecule has 0 radical (unpaired) electrons. The van der Waals surface area contributed by atoms with Crippen LogP contribution in [-0.2, 0) is 11.2 Å². The number of carboxylic acids is 1. The van der Waals surface area contributed by atoms with Crippen LogP contribution in [0.2, 0.25) is 0 Å². The summed E-state index contributed by atoms with van der Waals surface area (Å²) in [6.45, 7) is 4.08. The highest BCUT2D eigenvalue weighted by atomic mass is 16.4. The van der Waals surface area contributed by atoms with Crippen LogP contribution < -0.4 is 0 Å². The Morgan fingerprint density at radius 1 is 1.33 bits per heavy atom. The molecule has 0 aliphatic carbocycles. The SMILES string of the molecule is Cc1cc2[nH]cc(CC(=O)O)c2cc1C. The number of aromatic amines is 1. The average Bonchev–Trinajstić information content (AvgIpc) is 2.49. The molecule has 0 saturated carbocycles. The Bertz CT molecular complexity index is 526. The zero-order valence-electron chi connectivity index (χ0n) is 8.79. The van der Waals surface area contributed by atoms with Gasteiger partial charge in [-0.3, -0.25) is 4.79 Å². The summed E-state index contributed by atoms with van der Waals surface area (Å²) in [5.41, 5.74) is 4.26. The van der Waals surface area contributed by atoms with Gasteiger partial charge >= 0.3 is 5.97 Å². The number of carboxylic acid groups (broad SMARTS) is 1. The first kappa shape index (κ1) is 9.77. The molecule has 0 spiro atoms. The lowest BCUT2D eigenvalue weighted by Crippen LogP contribution is -1.98. The van der Waals surface area contributed by atoms with Crippen molar-refractivity contribution in [1.29, 1.82) is 0 Å². The van der Waals surface area contributed by atoms with Crippen LogP contribution in [0.4, 0.5) is 0 Å². The maximum atomic E-state index is 10.6. The summed E-state index contributed by atoms with van der Waals surface area (Å²) in [6, 6.07) is 4.09. The van der Waals surface area contributed by atoms with Gasteiger partial charge < -0.3 is 10.1 Å². The van der Waals surface area contributed by atoms with Crippen LogP contribution in [0.1, 0.15) is 16.7 Å². The molecule has 0 amide bonds. The maximum absolute atomic E-state index is 10.6. The zero-order chi connectivity index (χ0) is 11.0. The summed E-state index contributed by atoms with van der Waals surface area (Å²) in [5, 5.41) is 9.77. The molecule has 78 valence electrons. The summed E-state index contributed by atoms with van der Waals surface area (Å²) in [5.74, 6) is -0.797. The van der Waals surface area contributed by atoms with Crippen molar-refractivity contribution in [2.45, 2.75) is 20.3 Å². The van der Waals surface area contributed by atoms with Crippen molar-refractivity contribution in [1.82, 2.24) is 4.98 Å². The monoisotopic (exact) mass is 203 g/mol. The predicted octanol–water partition coefficient (Wildman–Crippen LogP) is 2.41. The van der Waals surface area contributed by atoms with Gasteiger partial charge in [-0.25, -0.2) is 0 Å². The predicted molar refractivity (Wildman–Crippen MR) is 59.1 cm³/mol. The van der Waals surface area contributed by atoms with Gasteiger partial charge in [0, 0.05) is 17.1 Å². The van der Waals surface area contributed by atoms with Gasteiger partial charge in [0.15, 0.2) is 0 Å². The molecular weight excluding hydrogens is 190 g/mol. The molecule has 1 aromatic heterocycles. The first-order valence-electron chi connectivity index (χ1n) is 4.87. The molecule has 0 aliphatic rings. The smallest absolute Gasteiger partial charge is 0.307 e. The van der Waals surface area contributed by atoms with Crippen LogP contribution in [0.15, 0.2) is 18.3 Å². The van der Waals surface area contributed by atoms with Gasteiger partial charge in [0.2, 0.25) is 0 Å². The van der Waals surface area contributed by atoms with Gasteiger partial charge in [-0.15, -0.1) is 0 Å². The Balaban J connectivity index is 2.59. The molecule has 0 aliphatic heterocycles. The highest BCUT2D eigenvalue weighted by Gasteiger charge is 2.08. The molecule has 15 heavy (non-hydrogen) atoms. The number of benzene rings is 1. The molecule has 2 aromatic rings. The van der Waals surface area contributed by atoms with Crippen LogP contribution >= 0.6 is 0 Å². The molecule has 2 rings (SSSR count). The number of aromatic nitrogens is 1. The zero-order valence-corrected chi connectivity index (χ0v) is 8.79. The van der Waals surface area contributed by atoms with Crippen molar-refractivity contribution in [3.63, 3.8) is 0 Å². The van der Waals surface area contributed by atoms with Crippen molar-refractivity contribution < 1.29 is 9.90 Å². The number of aryl methyl sites for hydroxylation is 2. The number of fused-ring (bicyclic) bond motifs is 1. The van der Waals surface area contributed by atoms with Crippen molar-refractivity contribution in [3.05, 3.63) is 35.0 Å². The summed E-state index contributed by atoms with van der Waals surface area (Å²) in [6.07, 6.45) is 1.85. The standard InChI is InChI=1S/C12H13NO2/c1-7-3-10-9(5-12(14)15)6-13-11(10)4-8(7)2/h3-4,6,13H,5H2,1-2H3,(H,14,15). The fourth-order valence-electron chi connectivity index (χ4n) is 1.75. The van der Waals surface area contributed by atoms with E-state index < -0.39 is 5.97 Å². The van der Waals surface area contributed by atoms with Crippen LogP contribution in [0.3, 0.4) is 0 Å². The quantitative estimate of drug-likeness (QED) is 0.787. The van der Waals surface area contributed by atoms with E-state index in [0.29, 0.717) is 0 Å². The molecule has 1 aromatic carbocycles. The molecule has 3 heteroatoms. The van der Waals surface area contributed by atoms with Gasteiger partial charge in [0.1, 0.15) is 0 Å². The van der Waals surface area contributed by atoms with E-state index in [1.165, 1.54) is 11.1 Å². The largest absolute Gasteiger partial charge is 0.481 e. The minimum atomic E-state index is -0.797. The van der Waals surface area contributed by atoms with Crippen LogP contribution in [0.5, 0.6) is 0 Å². The molecular formula is C12H13NO2. The Hall–Kier alpha value is -1.77. The Morgan fingerprint density at radius 2 is 2.00 bits per heavy atom. The molecule has 1 heterocycles. The summed E-state index contributed by atoms with van der Waals surface area (Å²) < 4.78 is 0. The lowest BCUT2D eigenvalue weighted by molar-refractivity contribution is -0.136. The second-order valence-corrected chi connectivity index (χ2v) is 3.87. The van der Waals surface area contributed by atoms with E-state index in [-0.39, 0.29) is 6.42 Å². The van der Waals surface area contributed by atoms with Gasteiger partial charge in [0.25, 0.3) is 0 Å². The van der Waals surface area contributed by atoms with Gasteiger partial charge in [0.05, 0.1) is 6.42 Å². The van der Waals surface area contributed by atoms with Gasteiger partial charge in [-0.1, -0.05) is 0 Å². The third-order valence-corrected chi connectivity index (χ3v) is 2.72. The van der Waals surface area contributed by atoms with Crippen LogP contribution in [0, 0.1) is 13.8 Å². The molecule has 3 nitrogen and oxygen atoms in total. The minimum Gasteiger partial charge on any atom is -0.481 e. The maximum Gasteiger partial charge on any atom is 0.307 e. The lowest BCUT2D eigenvalue weighted by Gasteiger charge is -2.01. The van der Waals surface area contributed by atoms with E-state index in [1.54, 1.807) is 6.20 Å². The summed E-state index contributed by atoms with van der Waals surface area (Å²) in [4.78, 5) is 13.7. The van der Waals surface area contributed by atoms with Crippen LogP contribution in [0.25, 0.3) is 10.9 Å². The third-order valence-electron chi connectivity index (χ3n) is 2.72. The van der Waals surface area contributed by atoms with Gasteiger partial charge in [-0.2, -0.15) is 0 Å². The second kappa shape index (κ2) is 3.42. The molecule has 0 atom stereocenters. The van der Waals surface area contributed by atoms with Crippen molar-refractivity contribution in [3.8, 4) is 0 Å². The van der Waals surface area contributed by atoms with E-state index >= 15 is 0 Å². The number of nitrogens with one attached hydrogen (secondary N) is 1. The van der Waals surface area contributed by atoms with E-state index in [0.717, 1.165) is 16.5 Å². The third kappa shape index (κ3) is 1.73. The fraction of sp³-hybridized carbons (Fsp3) is 0.250. The van der Waals surface area contributed by atoms with Crippen molar-refractivity contribution in [2.24, 2.45) is 0 Å². The Morgan fingerprint density at radius 3 is 2.67 bits per heavy atom. The number of H-pyrrole nitrogens is 1. The Kier molecular flexibility index (Phi) is 2.23. The highest BCUT2D eigenvalue weighted by molar-refractivity contribution is 5.88. The minimum absolute atomic E-state index is 0.0719. The number of carbonyl (C=O) groups is 1. The molecule has 2 N–H and O–H groups in total. The number of rotatable bonds is 2. The summed E-state index contributed by atoms with van der Waals surface area (Å²) >= 11 is 0. The van der Waals surface area contributed by atoms with E-state index in [2.05, 4.69) is 11.1 Å². The normalized spacial score (nSPS) is 10.8. The van der Waals surface area contributed by atoms with Gasteiger partial charge in [-0.05, 0) is 42.7 Å². The highest BCUT2D eigenvalue weighted by Crippen LogP contribution is 2.22. The van der Waals surface area contributed by atoms with E-state index in [1.807, 2.05) is 19.9 Å². The molecule has 0 fully saturated rings. The topological polar surface area (TPSA) is 53.1 Å². The van der Waals surface area contributed by atoms with E-state index in [9.17, 15) is 4.79 Å². The number of hydrogen-bond donors (Lipinski definition) is 2. The summed E-state index contributed by atoms with van der Waals surface area (Å²) in [7, 11) is 0. The van der Waals surface area contributed by atoms with Crippen LogP contribution in [-0.4, -0.2) is 16.1 Å². The Labute approximate surface area is 87.7 Å². The van der Waals surface area contributed by atoms with E-state index in [4.69, 9.17) is 5.11 Å². The van der Waals surface area contributed by atoms with Crippen molar-refractivity contribution >= 4 is 16.9 Å². The average molecular weight is 203 g/mol. The van der Waals surface area contributed by atoms with Crippen molar-refractivity contribution in [2.75, 3.05) is 0 Å². The lowest BCUT2D eigenvalue weighted by atomic mass is 10.0. The number of hydrogen-bond acceptors (Lipinski definition) is 1. The number of aliphatic carboxylic acids is 1. The fourth-order valence-corrected chi connectivity index (χ4v) is 1.75. The first-order chi connectivity index (χ1) is 7.08. The molecule has 0 unspecified atom stereocenters. The molecule has 0 bridgehead atoms. The molecule has 0 saturated heterocycles. The first-order valence-corrected chi connectivity index (χ1v) is 4.87.